The fourth-order valence-corrected chi connectivity index (χ4v) is 3.20. The van der Waals surface area contributed by atoms with Crippen molar-refractivity contribution in [3.63, 3.8) is 0 Å². The van der Waals surface area contributed by atoms with Crippen LogP contribution in [0.1, 0.15) is 53.9 Å². The van der Waals surface area contributed by atoms with Gasteiger partial charge in [0.15, 0.2) is 0 Å². The molecule has 0 aromatic rings. The van der Waals surface area contributed by atoms with E-state index in [0.29, 0.717) is 19.4 Å². The fourth-order valence-electron chi connectivity index (χ4n) is 3.20. The highest BCUT2D eigenvalue weighted by atomic mass is 16.4. The Balaban J connectivity index is 2.76. The highest BCUT2D eigenvalue weighted by molar-refractivity contribution is 5.94. The summed E-state index contributed by atoms with van der Waals surface area (Å²) in [5.41, 5.74) is 5.94. The molecule has 9 heteroatoms. The molecule has 9 nitrogen and oxygen atoms in total. The number of likely N-dealkylation sites (tertiary alicyclic amines) is 1. The SMILES string of the molecule is CCC(C)C(N)C(=O)NC(C(=O)NC(C)C(=O)N1CCCC1C(=O)O)C(C)C. The van der Waals surface area contributed by atoms with Crippen LogP contribution in [0.5, 0.6) is 0 Å². The van der Waals surface area contributed by atoms with Crippen molar-refractivity contribution in [3.8, 4) is 0 Å². The number of carboxylic acids is 1. The van der Waals surface area contributed by atoms with Gasteiger partial charge < -0.3 is 26.4 Å². The normalized spacial score (nSPS) is 21.0. The molecule has 0 aromatic carbocycles. The molecule has 160 valence electrons. The predicted octanol–water partition coefficient (Wildman–Crippen LogP) is 0.0809. The van der Waals surface area contributed by atoms with E-state index in [1.165, 1.54) is 11.8 Å². The zero-order valence-corrected chi connectivity index (χ0v) is 17.4. The average Bonchev–Trinajstić information content (AvgIpc) is 3.13. The number of nitrogens with two attached hydrogens (primary N) is 1. The summed E-state index contributed by atoms with van der Waals surface area (Å²) in [4.78, 5) is 50.2. The quantitative estimate of drug-likeness (QED) is 0.433. The highest BCUT2D eigenvalue weighted by Gasteiger charge is 2.37. The van der Waals surface area contributed by atoms with Gasteiger partial charge >= 0.3 is 5.97 Å². The molecule has 3 amide bonds. The second-order valence-electron chi connectivity index (χ2n) is 7.90. The average molecular weight is 399 g/mol. The van der Waals surface area contributed by atoms with Crippen LogP contribution in [0.25, 0.3) is 0 Å². The Morgan fingerprint density at radius 3 is 2.21 bits per heavy atom. The Hall–Kier alpha value is -2.16. The summed E-state index contributed by atoms with van der Waals surface area (Å²) in [5, 5.41) is 14.5. The second kappa shape index (κ2) is 10.4. The first kappa shape index (κ1) is 23.9. The summed E-state index contributed by atoms with van der Waals surface area (Å²) in [6.45, 7) is 9.23. The lowest BCUT2D eigenvalue weighted by molar-refractivity contribution is -0.149. The van der Waals surface area contributed by atoms with Crippen LogP contribution in [-0.4, -0.2) is 64.4 Å². The van der Waals surface area contributed by atoms with Gasteiger partial charge in [-0.15, -0.1) is 0 Å². The Labute approximate surface area is 166 Å². The van der Waals surface area contributed by atoms with E-state index in [2.05, 4.69) is 10.6 Å². The van der Waals surface area contributed by atoms with Crippen LogP contribution < -0.4 is 16.4 Å². The van der Waals surface area contributed by atoms with Gasteiger partial charge in [-0.1, -0.05) is 34.1 Å². The maximum Gasteiger partial charge on any atom is 0.326 e. The van der Waals surface area contributed by atoms with Crippen LogP contribution in [0.2, 0.25) is 0 Å². The number of hydrogen-bond acceptors (Lipinski definition) is 5. The summed E-state index contributed by atoms with van der Waals surface area (Å²) >= 11 is 0. The number of amides is 3. The van der Waals surface area contributed by atoms with Crippen molar-refractivity contribution in [3.05, 3.63) is 0 Å². The minimum atomic E-state index is -1.05. The number of nitrogens with one attached hydrogen (secondary N) is 2. The molecule has 5 atom stereocenters. The van der Waals surface area contributed by atoms with Gasteiger partial charge in [-0.3, -0.25) is 14.4 Å². The van der Waals surface area contributed by atoms with E-state index < -0.39 is 47.9 Å². The predicted molar refractivity (Wildman–Crippen MR) is 104 cm³/mol. The third kappa shape index (κ3) is 5.92. The summed E-state index contributed by atoms with van der Waals surface area (Å²) < 4.78 is 0. The molecule has 1 rings (SSSR count). The molecule has 1 heterocycles. The zero-order valence-electron chi connectivity index (χ0n) is 17.4. The van der Waals surface area contributed by atoms with Crippen LogP contribution in [0.15, 0.2) is 0 Å². The van der Waals surface area contributed by atoms with E-state index in [9.17, 15) is 24.3 Å². The Morgan fingerprint density at radius 1 is 1.11 bits per heavy atom. The van der Waals surface area contributed by atoms with E-state index in [1.807, 2.05) is 13.8 Å². The van der Waals surface area contributed by atoms with Crippen molar-refractivity contribution in [2.24, 2.45) is 17.6 Å². The molecule has 0 radical (unpaired) electrons. The molecular weight excluding hydrogens is 364 g/mol. The topological polar surface area (TPSA) is 142 Å². The van der Waals surface area contributed by atoms with Crippen LogP contribution in [0.4, 0.5) is 0 Å². The van der Waals surface area contributed by atoms with E-state index in [1.54, 1.807) is 13.8 Å². The number of hydrogen-bond donors (Lipinski definition) is 4. The standard InChI is InChI=1S/C19H34N4O5/c1-6-11(4)14(20)16(24)22-15(10(2)3)17(25)21-12(5)18(26)23-9-7-8-13(23)19(27)28/h10-15H,6-9,20H2,1-5H3,(H,21,25)(H,22,24)(H,27,28). The second-order valence-corrected chi connectivity index (χ2v) is 7.90. The van der Waals surface area contributed by atoms with Gasteiger partial charge in [0.1, 0.15) is 18.1 Å². The van der Waals surface area contributed by atoms with Crippen molar-refractivity contribution in [2.75, 3.05) is 6.54 Å². The van der Waals surface area contributed by atoms with Crippen LogP contribution in [0.3, 0.4) is 0 Å². The molecule has 5 N–H and O–H groups in total. The number of carbonyl (C=O) groups is 4. The summed E-state index contributed by atoms with van der Waals surface area (Å²) in [7, 11) is 0. The third-order valence-electron chi connectivity index (χ3n) is 5.36. The molecule has 1 saturated heterocycles. The number of rotatable bonds is 9. The Kier molecular flexibility index (Phi) is 8.87. The van der Waals surface area contributed by atoms with Crippen molar-refractivity contribution in [2.45, 2.75) is 78.0 Å². The molecule has 0 aromatic heterocycles. The number of carbonyl (C=O) groups excluding carboxylic acids is 3. The van der Waals surface area contributed by atoms with Gasteiger partial charge in [0.25, 0.3) is 0 Å². The maximum absolute atomic E-state index is 12.7. The monoisotopic (exact) mass is 398 g/mol. The lowest BCUT2D eigenvalue weighted by Crippen LogP contribution is -2.58. The van der Waals surface area contributed by atoms with Gasteiger partial charge in [-0.25, -0.2) is 4.79 Å². The van der Waals surface area contributed by atoms with Crippen molar-refractivity contribution in [1.82, 2.24) is 15.5 Å². The van der Waals surface area contributed by atoms with Crippen molar-refractivity contribution in [1.29, 1.82) is 0 Å². The molecule has 1 aliphatic rings. The van der Waals surface area contributed by atoms with Crippen LogP contribution >= 0.6 is 0 Å². The van der Waals surface area contributed by atoms with Gasteiger partial charge in [0.2, 0.25) is 17.7 Å². The molecule has 0 aliphatic carbocycles. The summed E-state index contributed by atoms with van der Waals surface area (Å²) in [6, 6.07) is -3.32. The van der Waals surface area contributed by atoms with Gasteiger partial charge in [0.05, 0.1) is 6.04 Å². The van der Waals surface area contributed by atoms with Crippen molar-refractivity contribution < 1.29 is 24.3 Å². The molecule has 28 heavy (non-hydrogen) atoms. The first-order valence-electron chi connectivity index (χ1n) is 9.90. The van der Waals surface area contributed by atoms with E-state index in [0.717, 1.165) is 6.42 Å². The first-order valence-corrected chi connectivity index (χ1v) is 9.90. The largest absolute Gasteiger partial charge is 0.480 e. The fraction of sp³-hybridized carbons (Fsp3) is 0.789. The van der Waals surface area contributed by atoms with Gasteiger partial charge in [-0.2, -0.15) is 0 Å². The Morgan fingerprint density at radius 2 is 1.71 bits per heavy atom. The minimum absolute atomic E-state index is 0.0282. The lowest BCUT2D eigenvalue weighted by atomic mass is 9.97. The molecular formula is C19H34N4O5. The molecule has 0 spiro atoms. The van der Waals surface area contributed by atoms with Gasteiger partial charge in [-0.05, 0) is 31.6 Å². The Bertz CT molecular complexity index is 595. The molecule has 5 unspecified atom stereocenters. The maximum atomic E-state index is 12.7. The van der Waals surface area contributed by atoms with E-state index >= 15 is 0 Å². The number of carboxylic acid groups (broad SMARTS) is 1. The van der Waals surface area contributed by atoms with Crippen molar-refractivity contribution >= 4 is 23.7 Å². The molecule has 0 saturated carbocycles. The number of aliphatic carboxylic acids is 1. The minimum Gasteiger partial charge on any atom is -0.480 e. The van der Waals surface area contributed by atoms with E-state index in [-0.39, 0.29) is 11.8 Å². The first-order chi connectivity index (χ1) is 13.0. The molecule has 1 aliphatic heterocycles. The summed E-state index contributed by atoms with van der Waals surface area (Å²) in [6.07, 6.45) is 1.75. The number of nitrogens with zero attached hydrogens (tertiary/aromatic N) is 1. The van der Waals surface area contributed by atoms with Crippen LogP contribution in [0, 0.1) is 11.8 Å². The molecule has 1 fully saturated rings. The lowest BCUT2D eigenvalue weighted by Gasteiger charge is -2.28. The molecule has 0 bridgehead atoms. The van der Waals surface area contributed by atoms with E-state index in [4.69, 9.17) is 5.73 Å². The van der Waals surface area contributed by atoms with Gasteiger partial charge in [0, 0.05) is 6.54 Å². The highest BCUT2D eigenvalue weighted by Crippen LogP contribution is 2.18. The third-order valence-corrected chi connectivity index (χ3v) is 5.36. The zero-order chi connectivity index (χ0) is 21.6. The van der Waals surface area contributed by atoms with Crippen LogP contribution in [-0.2, 0) is 19.2 Å². The smallest absolute Gasteiger partial charge is 0.326 e. The summed E-state index contributed by atoms with van der Waals surface area (Å²) in [5.74, 6) is -2.63.